The lowest BCUT2D eigenvalue weighted by Gasteiger charge is -2.35. The molecule has 10 heteroatoms. The van der Waals surface area contributed by atoms with E-state index in [9.17, 15) is 18.0 Å². The van der Waals surface area contributed by atoms with Gasteiger partial charge in [0.1, 0.15) is 24.4 Å². The van der Waals surface area contributed by atoms with E-state index in [0.717, 1.165) is 23.4 Å². The number of amides is 1. The van der Waals surface area contributed by atoms with Gasteiger partial charge in [0.25, 0.3) is 0 Å². The number of hydrogen-bond acceptors (Lipinski definition) is 5. The summed E-state index contributed by atoms with van der Waals surface area (Å²) in [4.78, 5) is 27.6. The lowest BCUT2D eigenvalue weighted by Crippen LogP contribution is -2.49. The summed E-state index contributed by atoms with van der Waals surface area (Å²) in [5, 5.41) is 0. The Kier molecular flexibility index (Phi) is 4.62. The van der Waals surface area contributed by atoms with E-state index in [1.807, 2.05) is 24.3 Å². The molecule has 3 heterocycles. The Labute approximate surface area is 158 Å². The molecule has 1 amide bonds. The van der Waals surface area contributed by atoms with Gasteiger partial charge < -0.3 is 14.4 Å². The molecule has 1 aliphatic rings. The number of carbonyl (C=O) groups is 1. The summed E-state index contributed by atoms with van der Waals surface area (Å²) in [5.41, 5.74) is 0.738. The van der Waals surface area contributed by atoms with Crippen LogP contribution in [0.25, 0.3) is 11.0 Å². The Balaban J connectivity index is 1.39. The molecule has 7 nitrogen and oxygen atoms in total. The Bertz CT molecular complexity index is 994. The van der Waals surface area contributed by atoms with Gasteiger partial charge in [-0.05, 0) is 12.1 Å². The zero-order valence-electron chi connectivity index (χ0n) is 14.8. The average molecular weight is 390 g/mol. The molecule has 0 N–H and O–H groups in total. The average Bonchev–Trinajstić information content (AvgIpc) is 3.10. The third-order valence-corrected chi connectivity index (χ3v) is 4.73. The molecular formula is C18H17F3N6O. The second-order valence-corrected chi connectivity index (χ2v) is 6.49. The van der Waals surface area contributed by atoms with Crippen LogP contribution in [0.1, 0.15) is 5.69 Å². The van der Waals surface area contributed by atoms with Gasteiger partial charge in [0.05, 0.1) is 17.4 Å². The highest BCUT2D eigenvalue weighted by Gasteiger charge is 2.33. The van der Waals surface area contributed by atoms with E-state index in [-0.39, 0.29) is 18.3 Å². The van der Waals surface area contributed by atoms with E-state index in [2.05, 4.69) is 15.0 Å². The molecule has 0 radical (unpaired) electrons. The number of alkyl halides is 3. The van der Waals surface area contributed by atoms with Gasteiger partial charge in [0.15, 0.2) is 0 Å². The summed E-state index contributed by atoms with van der Waals surface area (Å²) in [6, 6.07) is 8.50. The number of aromatic nitrogens is 4. The van der Waals surface area contributed by atoms with Crippen LogP contribution in [0.2, 0.25) is 0 Å². The van der Waals surface area contributed by atoms with Crippen LogP contribution in [0, 0.1) is 0 Å². The Morgan fingerprint density at radius 3 is 2.54 bits per heavy atom. The van der Waals surface area contributed by atoms with Gasteiger partial charge in [0, 0.05) is 32.2 Å². The largest absolute Gasteiger partial charge is 0.433 e. The number of benzene rings is 1. The number of anilines is 1. The van der Waals surface area contributed by atoms with Crippen molar-refractivity contribution in [1.29, 1.82) is 0 Å². The Morgan fingerprint density at radius 2 is 1.79 bits per heavy atom. The SMILES string of the molecule is O=C(Cn1cnc2ccccc21)N1CCN(c2cc(C(F)(F)F)ncn2)CC1. The molecule has 0 aliphatic carbocycles. The number of imidazole rings is 1. The van der Waals surface area contributed by atoms with Crippen LogP contribution in [0.3, 0.4) is 0 Å². The van der Waals surface area contributed by atoms with E-state index < -0.39 is 11.9 Å². The van der Waals surface area contributed by atoms with Gasteiger partial charge in [-0.3, -0.25) is 4.79 Å². The summed E-state index contributed by atoms with van der Waals surface area (Å²) in [6.07, 6.45) is -1.96. The maximum absolute atomic E-state index is 12.8. The number of para-hydroxylation sites is 2. The van der Waals surface area contributed by atoms with Crippen molar-refractivity contribution < 1.29 is 18.0 Å². The number of halogens is 3. The number of fused-ring (bicyclic) bond motifs is 1. The molecule has 4 rings (SSSR count). The van der Waals surface area contributed by atoms with Gasteiger partial charge in [-0.1, -0.05) is 12.1 Å². The van der Waals surface area contributed by atoms with E-state index in [4.69, 9.17) is 0 Å². The molecule has 146 valence electrons. The van der Waals surface area contributed by atoms with Crippen LogP contribution >= 0.6 is 0 Å². The van der Waals surface area contributed by atoms with Crippen LogP contribution in [0.5, 0.6) is 0 Å². The number of piperazine rings is 1. The quantitative estimate of drug-likeness (QED) is 0.686. The van der Waals surface area contributed by atoms with Crippen molar-refractivity contribution in [2.24, 2.45) is 0 Å². The van der Waals surface area contributed by atoms with E-state index in [1.165, 1.54) is 0 Å². The third kappa shape index (κ3) is 3.62. The summed E-state index contributed by atoms with van der Waals surface area (Å²) in [6.45, 7) is 1.81. The van der Waals surface area contributed by atoms with Crippen molar-refractivity contribution in [2.45, 2.75) is 12.7 Å². The molecule has 0 atom stereocenters. The van der Waals surface area contributed by atoms with Gasteiger partial charge in [0.2, 0.25) is 5.91 Å². The summed E-state index contributed by atoms with van der Waals surface area (Å²) >= 11 is 0. The fourth-order valence-electron chi connectivity index (χ4n) is 3.24. The maximum atomic E-state index is 12.8. The van der Waals surface area contributed by atoms with Crippen molar-refractivity contribution in [2.75, 3.05) is 31.1 Å². The topological polar surface area (TPSA) is 67.2 Å². The highest BCUT2D eigenvalue weighted by Crippen LogP contribution is 2.29. The molecule has 28 heavy (non-hydrogen) atoms. The van der Waals surface area contributed by atoms with E-state index in [1.54, 1.807) is 20.7 Å². The first kappa shape index (κ1) is 18.2. The fraction of sp³-hybridized carbons (Fsp3) is 0.333. The van der Waals surface area contributed by atoms with Crippen LogP contribution in [-0.4, -0.2) is 56.5 Å². The molecule has 0 unspecified atom stereocenters. The molecule has 1 aliphatic heterocycles. The smallest absolute Gasteiger partial charge is 0.353 e. The monoisotopic (exact) mass is 390 g/mol. The zero-order chi connectivity index (χ0) is 19.7. The predicted molar refractivity (Wildman–Crippen MR) is 95.6 cm³/mol. The maximum Gasteiger partial charge on any atom is 0.433 e. The standard InChI is InChI=1S/C18H17F3N6O/c19-18(20,21)15-9-16(23-11-22-15)25-5-7-26(8-6-25)17(28)10-27-12-24-13-3-1-2-4-14(13)27/h1-4,9,11-12H,5-8,10H2. The number of rotatable bonds is 3. The lowest BCUT2D eigenvalue weighted by molar-refractivity contribution is -0.141. The molecule has 2 aromatic heterocycles. The van der Waals surface area contributed by atoms with Crippen molar-refractivity contribution in [3.05, 3.63) is 48.7 Å². The molecule has 3 aromatic rings. The van der Waals surface area contributed by atoms with Gasteiger partial charge >= 0.3 is 6.18 Å². The summed E-state index contributed by atoms with van der Waals surface area (Å²) in [5.74, 6) is 0.163. The first-order valence-corrected chi connectivity index (χ1v) is 8.73. The minimum absolute atomic E-state index is 0.0542. The molecule has 0 saturated carbocycles. The number of carbonyl (C=O) groups excluding carboxylic acids is 1. The van der Waals surface area contributed by atoms with Gasteiger partial charge in [-0.2, -0.15) is 13.2 Å². The Morgan fingerprint density at radius 1 is 1.04 bits per heavy atom. The normalized spacial score (nSPS) is 15.2. The highest BCUT2D eigenvalue weighted by molar-refractivity contribution is 5.80. The lowest BCUT2D eigenvalue weighted by atomic mass is 10.2. The predicted octanol–water partition coefficient (Wildman–Crippen LogP) is 2.19. The summed E-state index contributed by atoms with van der Waals surface area (Å²) in [7, 11) is 0. The number of nitrogens with zero attached hydrogens (tertiary/aromatic N) is 6. The summed E-state index contributed by atoms with van der Waals surface area (Å²) < 4.78 is 40.3. The van der Waals surface area contributed by atoms with E-state index >= 15 is 0 Å². The zero-order valence-corrected chi connectivity index (χ0v) is 14.8. The van der Waals surface area contributed by atoms with Crippen molar-refractivity contribution in [1.82, 2.24) is 24.4 Å². The molecule has 0 bridgehead atoms. The first-order valence-electron chi connectivity index (χ1n) is 8.73. The van der Waals surface area contributed by atoms with Crippen LogP contribution in [0.4, 0.5) is 19.0 Å². The van der Waals surface area contributed by atoms with Crippen LogP contribution in [-0.2, 0) is 17.5 Å². The molecule has 0 spiro atoms. The molecular weight excluding hydrogens is 373 g/mol. The number of hydrogen-bond donors (Lipinski definition) is 0. The third-order valence-electron chi connectivity index (χ3n) is 4.73. The minimum Gasteiger partial charge on any atom is -0.353 e. The highest BCUT2D eigenvalue weighted by atomic mass is 19.4. The molecule has 1 saturated heterocycles. The minimum atomic E-state index is -4.51. The van der Waals surface area contributed by atoms with Crippen molar-refractivity contribution in [3.63, 3.8) is 0 Å². The first-order chi connectivity index (χ1) is 13.4. The van der Waals surface area contributed by atoms with Crippen molar-refractivity contribution in [3.8, 4) is 0 Å². The molecule has 1 fully saturated rings. The van der Waals surface area contributed by atoms with Gasteiger partial charge in [-0.25, -0.2) is 15.0 Å². The van der Waals surface area contributed by atoms with Crippen molar-refractivity contribution >= 4 is 22.8 Å². The fourth-order valence-corrected chi connectivity index (χ4v) is 3.24. The second-order valence-electron chi connectivity index (χ2n) is 6.49. The van der Waals surface area contributed by atoms with Crippen LogP contribution < -0.4 is 4.90 Å². The van der Waals surface area contributed by atoms with E-state index in [0.29, 0.717) is 26.2 Å². The Hall–Kier alpha value is -3.17. The second kappa shape index (κ2) is 7.10. The van der Waals surface area contributed by atoms with Crippen LogP contribution in [0.15, 0.2) is 43.0 Å². The van der Waals surface area contributed by atoms with Gasteiger partial charge in [-0.15, -0.1) is 0 Å². The molecule has 1 aromatic carbocycles.